The number of benzene rings is 1. The van der Waals surface area contributed by atoms with Crippen LogP contribution in [0.3, 0.4) is 0 Å². The second-order valence-electron chi connectivity index (χ2n) is 3.37. The number of carbonyl (C=O) groups excluding carboxylic acids is 1. The van der Waals surface area contributed by atoms with E-state index in [4.69, 9.17) is 0 Å². The normalized spacial score (nSPS) is 10.2. The molecule has 0 amide bonds. The van der Waals surface area contributed by atoms with E-state index in [1.807, 2.05) is 24.3 Å². The maximum Gasteiger partial charge on any atom is 0.293 e. The maximum atomic E-state index is 9.99. The molecule has 2 rings (SSSR count). The number of fused-ring (bicyclic) bond motifs is 1. The van der Waals surface area contributed by atoms with Crippen molar-refractivity contribution >= 4 is 17.4 Å². The van der Waals surface area contributed by atoms with Gasteiger partial charge in [-0.15, -0.1) is 0 Å². The lowest BCUT2D eigenvalue weighted by atomic mass is 10.1. The molecule has 0 aliphatic carbocycles. The summed E-state index contributed by atoms with van der Waals surface area (Å²) < 4.78 is 4.59. The Labute approximate surface area is 92.5 Å². The first-order valence-electron chi connectivity index (χ1n) is 4.94. The van der Waals surface area contributed by atoms with Gasteiger partial charge >= 0.3 is 0 Å². The molecule has 0 radical (unpaired) electrons. The first-order chi connectivity index (χ1) is 7.83. The maximum absolute atomic E-state index is 9.99. The van der Waals surface area contributed by atoms with Crippen molar-refractivity contribution in [3.8, 4) is 5.75 Å². The zero-order chi connectivity index (χ0) is 11.4. The number of carbonyl (C=O) groups is 1. The quantitative estimate of drug-likeness (QED) is 0.625. The Morgan fingerprint density at radius 1 is 1.38 bits per heavy atom. The van der Waals surface area contributed by atoms with E-state index in [0.717, 1.165) is 5.52 Å². The minimum atomic E-state index is 0.208. The molecular formula is C12H11NO3. The Balaban J connectivity index is 2.33. The molecule has 0 saturated carbocycles. The Morgan fingerprint density at radius 3 is 3.00 bits per heavy atom. The average Bonchev–Trinajstić information content (AvgIpc) is 2.33. The van der Waals surface area contributed by atoms with Crippen LogP contribution in [-0.4, -0.2) is 23.2 Å². The molecule has 0 aliphatic heterocycles. The third-order valence-electron chi connectivity index (χ3n) is 2.38. The predicted molar refractivity (Wildman–Crippen MR) is 59.1 cm³/mol. The number of aromatic nitrogens is 1. The van der Waals surface area contributed by atoms with Crippen LogP contribution < -0.4 is 0 Å². The van der Waals surface area contributed by atoms with Crippen LogP contribution in [0.5, 0.6) is 5.75 Å². The number of nitrogens with zero attached hydrogens (tertiary/aromatic N) is 1. The van der Waals surface area contributed by atoms with Crippen molar-refractivity contribution < 1.29 is 14.6 Å². The third kappa shape index (κ3) is 1.95. The summed E-state index contributed by atoms with van der Waals surface area (Å²) in [7, 11) is 0. The number of hydrogen-bond donors (Lipinski definition) is 1. The zero-order valence-electron chi connectivity index (χ0n) is 8.59. The molecule has 4 heteroatoms. The summed E-state index contributed by atoms with van der Waals surface area (Å²) in [5.74, 6) is 0.208. The van der Waals surface area contributed by atoms with Gasteiger partial charge in [0, 0.05) is 23.6 Å². The van der Waals surface area contributed by atoms with Crippen LogP contribution in [0.1, 0.15) is 5.56 Å². The molecule has 1 aromatic carbocycles. The summed E-state index contributed by atoms with van der Waals surface area (Å²) >= 11 is 0. The Hall–Kier alpha value is -2.10. The number of rotatable bonds is 4. The number of para-hydroxylation sites is 1. The largest absolute Gasteiger partial charge is 0.507 e. The summed E-state index contributed by atoms with van der Waals surface area (Å²) in [6.07, 6.45) is 2.06. The summed E-state index contributed by atoms with van der Waals surface area (Å²) in [5.41, 5.74) is 1.43. The van der Waals surface area contributed by atoms with Gasteiger partial charge in [0.15, 0.2) is 0 Å². The number of pyridine rings is 1. The summed E-state index contributed by atoms with van der Waals surface area (Å²) in [4.78, 5) is 14.2. The second kappa shape index (κ2) is 4.61. The minimum absolute atomic E-state index is 0.208. The van der Waals surface area contributed by atoms with E-state index in [2.05, 4.69) is 9.72 Å². The van der Waals surface area contributed by atoms with Crippen molar-refractivity contribution in [1.29, 1.82) is 0 Å². The van der Waals surface area contributed by atoms with Gasteiger partial charge in [0.1, 0.15) is 5.75 Å². The Bertz CT molecular complexity index is 511. The minimum Gasteiger partial charge on any atom is -0.507 e. The molecule has 1 N–H and O–H groups in total. The van der Waals surface area contributed by atoms with Crippen LogP contribution in [-0.2, 0) is 16.0 Å². The SMILES string of the molecule is O=COCCc1cnc2ccccc2c1O. The van der Waals surface area contributed by atoms with E-state index >= 15 is 0 Å². The van der Waals surface area contributed by atoms with Crippen LogP contribution in [0.25, 0.3) is 10.9 Å². The molecule has 0 unspecified atom stereocenters. The third-order valence-corrected chi connectivity index (χ3v) is 2.38. The van der Waals surface area contributed by atoms with E-state index in [9.17, 15) is 9.90 Å². The Kier molecular flexibility index (Phi) is 3.00. The number of hydrogen-bond acceptors (Lipinski definition) is 4. The fourth-order valence-electron chi connectivity index (χ4n) is 1.57. The highest BCUT2D eigenvalue weighted by molar-refractivity contribution is 5.85. The van der Waals surface area contributed by atoms with E-state index in [1.165, 1.54) is 0 Å². The van der Waals surface area contributed by atoms with Gasteiger partial charge in [-0.25, -0.2) is 0 Å². The highest BCUT2D eigenvalue weighted by Gasteiger charge is 2.06. The summed E-state index contributed by atoms with van der Waals surface area (Å²) in [5, 5.41) is 10.7. The van der Waals surface area contributed by atoms with Gasteiger partial charge in [-0.3, -0.25) is 9.78 Å². The smallest absolute Gasteiger partial charge is 0.293 e. The predicted octanol–water partition coefficient (Wildman–Crippen LogP) is 1.66. The lowest BCUT2D eigenvalue weighted by Crippen LogP contribution is -1.98. The average molecular weight is 217 g/mol. The highest BCUT2D eigenvalue weighted by atomic mass is 16.5. The molecule has 82 valence electrons. The molecule has 0 saturated heterocycles. The molecule has 4 nitrogen and oxygen atoms in total. The van der Waals surface area contributed by atoms with Crippen molar-refractivity contribution in [3.05, 3.63) is 36.0 Å². The van der Waals surface area contributed by atoms with Crippen molar-refractivity contribution in [3.63, 3.8) is 0 Å². The van der Waals surface area contributed by atoms with Gasteiger partial charge in [0.25, 0.3) is 6.47 Å². The molecule has 0 aliphatic rings. The molecule has 2 aromatic rings. The molecule has 0 fully saturated rings. The van der Waals surface area contributed by atoms with E-state index in [0.29, 0.717) is 23.8 Å². The topological polar surface area (TPSA) is 59.4 Å². The fourth-order valence-corrected chi connectivity index (χ4v) is 1.57. The van der Waals surface area contributed by atoms with Crippen molar-refractivity contribution in [2.45, 2.75) is 6.42 Å². The van der Waals surface area contributed by atoms with Gasteiger partial charge in [-0.05, 0) is 12.1 Å². The van der Waals surface area contributed by atoms with Gasteiger partial charge in [0.05, 0.1) is 12.1 Å². The van der Waals surface area contributed by atoms with Gasteiger partial charge in [-0.2, -0.15) is 0 Å². The van der Waals surface area contributed by atoms with Crippen LogP contribution in [0.4, 0.5) is 0 Å². The van der Waals surface area contributed by atoms with Crippen molar-refractivity contribution in [1.82, 2.24) is 4.98 Å². The van der Waals surface area contributed by atoms with Crippen LogP contribution in [0, 0.1) is 0 Å². The zero-order valence-corrected chi connectivity index (χ0v) is 8.59. The summed E-state index contributed by atoms with van der Waals surface area (Å²) in [6.45, 7) is 0.641. The number of aromatic hydroxyl groups is 1. The monoisotopic (exact) mass is 217 g/mol. The molecule has 0 spiro atoms. The first kappa shape index (κ1) is 10.4. The summed E-state index contributed by atoms with van der Waals surface area (Å²) in [6, 6.07) is 7.35. The van der Waals surface area contributed by atoms with Crippen LogP contribution >= 0.6 is 0 Å². The van der Waals surface area contributed by atoms with Crippen LogP contribution in [0.15, 0.2) is 30.5 Å². The lowest BCUT2D eigenvalue weighted by molar-refractivity contribution is -0.128. The van der Waals surface area contributed by atoms with Crippen LogP contribution in [0.2, 0.25) is 0 Å². The Morgan fingerprint density at radius 2 is 2.19 bits per heavy atom. The van der Waals surface area contributed by atoms with Gasteiger partial charge < -0.3 is 9.84 Å². The van der Waals surface area contributed by atoms with Crippen molar-refractivity contribution in [2.75, 3.05) is 6.61 Å². The van der Waals surface area contributed by atoms with E-state index in [1.54, 1.807) is 6.20 Å². The molecular weight excluding hydrogens is 206 g/mol. The standard InChI is InChI=1S/C12H11NO3/c14-8-16-6-5-9-7-13-11-4-2-1-3-10(11)12(9)15/h1-4,7-8H,5-6H2,(H,13,15). The van der Waals surface area contributed by atoms with Crippen molar-refractivity contribution in [2.24, 2.45) is 0 Å². The van der Waals surface area contributed by atoms with Gasteiger partial charge in [-0.1, -0.05) is 12.1 Å². The second-order valence-corrected chi connectivity index (χ2v) is 3.37. The number of ether oxygens (including phenoxy) is 1. The molecule has 16 heavy (non-hydrogen) atoms. The van der Waals surface area contributed by atoms with Gasteiger partial charge in [0.2, 0.25) is 0 Å². The molecule has 0 bridgehead atoms. The molecule has 1 aromatic heterocycles. The first-order valence-corrected chi connectivity index (χ1v) is 4.94. The highest BCUT2D eigenvalue weighted by Crippen LogP contribution is 2.26. The molecule has 0 atom stereocenters. The lowest BCUT2D eigenvalue weighted by Gasteiger charge is -2.06. The molecule has 1 heterocycles. The fraction of sp³-hybridized carbons (Fsp3) is 0.167. The van der Waals surface area contributed by atoms with E-state index in [-0.39, 0.29) is 12.4 Å². The van der Waals surface area contributed by atoms with E-state index < -0.39 is 0 Å².